The first-order valence-electron chi connectivity index (χ1n) is 5.76. The van der Waals surface area contributed by atoms with Crippen molar-refractivity contribution >= 4 is 0 Å². The molecule has 1 N–H and O–H groups in total. The molecule has 3 nitrogen and oxygen atoms in total. The van der Waals surface area contributed by atoms with E-state index >= 15 is 0 Å². The van der Waals surface area contributed by atoms with E-state index in [1.54, 1.807) is 0 Å². The van der Waals surface area contributed by atoms with Crippen LogP contribution in [0.5, 0.6) is 0 Å². The zero-order valence-electron chi connectivity index (χ0n) is 9.19. The highest BCUT2D eigenvalue weighted by Gasteiger charge is 2.11. The number of aryl methyl sites for hydroxylation is 1. The van der Waals surface area contributed by atoms with Crippen LogP contribution in [0.1, 0.15) is 12.2 Å². The van der Waals surface area contributed by atoms with Crippen molar-refractivity contribution in [2.75, 3.05) is 6.54 Å². The smallest absolute Gasteiger partial charge is 0.123 e. The molecule has 1 aromatic carbocycles. The Kier molecular flexibility index (Phi) is 2.46. The molecule has 2 aromatic rings. The van der Waals surface area contributed by atoms with E-state index in [4.69, 9.17) is 0 Å². The first-order chi connectivity index (χ1) is 7.93. The van der Waals surface area contributed by atoms with Crippen LogP contribution < -0.4 is 5.32 Å². The average Bonchev–Trinajstić information content (AvgIpc) is 2.62. The highest BCUT2D eigenvalue weighted by Crippen LogP contribution is 2.19. The van der Waals surface area contributed by atoms with Gasteiger partial charge in [0.05, 0.1) is 12.2 Å². The molecule has 0 unspecified atom stereocenters. The van der Waals surface area contributed by atoms with Gasteiger partial charge in [-0.1, -0.05) is 30.3 Å². The molecule has 0 saturated heterocycles. The summed E-state index contributed by atoms with van der Waals surface area (Å²) >= 11 is 0. The molecule has 0 amide bonds. The number of benzene rings is 1. The van der Waals surface area contributed by atoms with Gasteiger partial charge in [0, 0.05) is 18.3 Å². The lowest BCUT2D eigenvalue weighted by molar-refractivity contribution is 0.645. The molecule has 16 heavy (non-hydrogen) atoms. The van der Waals surface area contributed by atoms with Crippen molar-refractivity contribution in [2.24, 2.45) is 0 Å². The fourth-order valence-electron chi connectivity index (χ4n) is 2.11. The molecule has 0 bridgehead atoms. The van der Waals surface area contributed by atoms with Gasteiger partial charge in [-0.05, 0) is 13.0 Å². The second-order valence-corrected chi connectivity index (χ2v) is 4.13. The molecule has 0 spiro atoms. The van der Waals surface area contributed by atoms with Gasteiger partial charge in [-0.2, -0.15) is 0 Å². The summed E-state index contributed by atoms with van der Waals surface area (Å²) in [7, 11) is 0. The number of fused-ring (bicyclic) bond motifs is 1. The Bertz CT molecular complexity index is 450. The molecule has 0 aliphatic carbocycles. The first-order valence-corrected chi connectivity index (χ1v) is 5.76. The van der Waals surface area contributed by atoms with Gasteiger partial charge in [0.15, 0.2) is 0 Å². The standard InChI is InChI=1S/C13H15N3/c1-2-5-11(6-3-1)12-10-16-8-4-7-14-9-13(16)15-12/h1-3,5-6,10,14H,4,7-9H2. The topological polar surface area (TPSA) is 29.9 Å². The molecule has 3 heteroatoms. The van der Waals surface area contributed by atoms with Gasteiger partial charge in [0.25, 0.3) is 0 Å². The fraction of sp³-hybridized carbons (Fsp3) is 0.308. The predicted octanol–water partition coefficient (Wildman–Crippen LogP) is 2.04. The summed E-state index contributed by atoms with van der Waals surface area (Å²) < 4.78 is 2.27. The maximum atomic E-state index is 4.68. The van der Waals surface area contributed by atoms with Crippen molar-refractivity contribution in [1.29, 1.82) is 0 Å². The van der Waals surface area contributed by atoms with Gasteiger partial charge in [0.1, 0.15) is 5.82 Å². The number of nitrogens with one attached hydrogen (secondary N) is 1. The quantitative estimate of drug-likeness (QED) is 0.785. The summed E-state index contributed by atoms with van der Waals surface area (Å²) in [6.07, 6.45) is 3.34. The van der Waals surface area contributed by atoms with E-state index in [0.717, 1.165) is 31.2 Å². The third-order valence-corrected chi connectivity index (χ3v) is 2.96. The first kappa shape index (κ1) is 9.60. The highest BCUT2D eigenvalue weighted by atomic mass is 15.1. The molecular weight excluding hydrogens is 198 g/mol. The van der Waals surface area contributed by atoms with Crippen LogP contribution in [0.2, 0.25) is 0 Å². The second-order valence-electron chi connectivity index (χ2n) is 4.13. The number of imidazole rings is 1. The lowest BCUT2D eigenvalue weighted by Gasteiger charge is -1.98. The van der Waals surface area contributed by atoms with Gasteiger partial charge in [-0.3, -0.25) is 0 Å². The SMILES string of the molecule is c1ccc(-c2cn3c(n2)CNCCC3)cc1. The van der Waals surface area contributed by atoms with Crippen molar-refractivity contribution in [3.05, 3.63) is 42.4 Å². The maximum Gasteiger partial charge on any atom is 0.123 e. The Morgan fingerprint density at radius 1 is 1.19 bits per heavy atom. The number of hydrogen-bond acceptors (Lipinski definition) is 2. The minimum Gasteiger partial charge on any atom is -0.333 e. The molecule has 2 heterocycles. The Labute approximate surface area is 95.1 Å². The Morgan fingerprint density at radius 2 is 2.06 bits per heavy atom. The molecule has 0 atom stereocenters. The number of nitrogens with zero attached hydrogens (tertiary/aromatic N) is 2. The van der Waals surface area contributed by atoms with E-state index in [0.29, 0.717) is 0 Å². The minimum absolute atomic E-state index is 0.882. The molecular formula is C13H15N3. The monoisotopic (exact) mass is 213 g/mol. The fourth-order valence-corrected chi connectivity index (χ4v) is 2.11. The van der Waals surface area contributed by atoms with E-state index < -0.39 is 0 Å². The zero-order chi connectivity index (χ0) is 10.8. The predicted molar refractivity (Wildman–Crippen MR) is 64.0 cm³/mol. The molecule has 0 saturated carbocycles. The number of rotatable bonds is 1. The van der Waals surface area contributed by atoms with Gasteiger partial charge < -0.3 is 9.88 Å². The second kappa shape index (κ2) is 4.10. The van der Waals surface area contributed by atoms with Gasteiger partial charge in [-0.15, -0.1) is 0 Å². The van der Waals surface area contributed by atoms with E-state index in [1.807, 2.05) is 6.07 Å². The highest BCUT2D eigenvalue weighted by molar-refractivity contribution is 5.58. The van der Waals surface area contributed by atoms with Crippen molar-refractivity contribution in [3.8, 4) is 11.3 Å². The van der Waals surface area contributed by atoms with Crippen LogP contribution >= 0.6 is 0 Å². The van der Waals surface area contributed by atoms with Crippen LogP contribution in [0.3, 0.4) is 0 Å². The van der Waals surface area contributed by atoms with E-state index in [-0.39, 0.29) is 0 Å². The lowest BCUT2D eigenvalue weighted by atomic mass is 10.2. The third-order valence-electron chi connectivity index (χ3n) is 2.96. The zero-order valence-corrected chi connectivity index (χ0v) is 9.19. The molecule has 82 valence electrons. The average molecular weight is 213 g/mol. The molecule has 1 aromatic heterocycles. The van der Waals surface area contributed by atoms with Crippen LogP contribution in [0.15, 0.2) is 36.5 Å². The molecule has 1 aliphatic heterocycles. The van der Waals surface area contributed by atoms with Crippen molar-refractivity contribution in [1.82, 2.24) is 14.9 Å². The summed E-state index contributed by atoms with van der Waals surface area (Å²) in [4.78, 5) is 4.68. The largest absolute Gasteiger partial charge is 0.333 e. The van der Waals surface area contributed by atoms with Crippen LogP contribution in [0, 0.1) is 0 Å². The molecule has 3 rings (SSSR count). The number of aromatic nitrogens is 2. The summed E-state index contributed by atoms with van der Waals surface area (Å²) in [6.45, 7) is 3.04. The summed E-state index contributed by atoms with van der Waals surface area (Å²) in [6, 6.07) is 10.4. The van der Waals surface area contributed by atoms with Gasteiger partial charge in [0.2, 0.25) is 0 Å². The molecule has 1 aliphatic rings. The van der Waals surface area contributed by atoms with Gasteiger partial charge >= 0.3 is 0 Å². The number of hydrogen-bond donors (Lipinski definition) is 1. The van der Waals surface area contributed by atoms with E-state index in [1.165, 1.54) is 12.0 Å². The van der Waals surface area contributed by atoms with Crippen molar-refractivity contribution in [3.63, 3.8) is 0 Å². The minimum atomic E-state index is 0.882. The Morgan fingerprint density at radius 3 is 2.94 bits per heavy atom. The van der Waals surface area contributed by atoms with Crippen molar-refractivity contribution < 1.29 is 0 Å². The van der Waals surface area contributed by atoms with Crippen LogP contribution in [0.4, 0.5) is 0 Å². The molecule has 0 radical (unpaired) electrons. The third kappa shape index (κ3) is 1.74. The van der Waals surface area contributed by atoms with E-state index in [9.17, 15) is 0 Å². The van der Waals surface area contributed by atoms with Crippen LogP contribution in [-0.4, -0.2) is 16.1 Å². The van der Waals surface area contributed by atoms with Crippen LogP contribution in [-0.2, 0) is 13.1 Å². The normalized spacial score (nSPS) is 15.5. The summed E-state index contributed by atoms with van der Waals surface area (Å²) in [5.41, 5.74) is 2.28. The van der Waals surface area contributed by atoms with E-state index in [2.05, 4.69) is 45.3 Å². The summed E-state index contributed by atoms with van der Waals surface area (Å²) in [5.74, 6) is 1.15. The Hall–Kier alpha value is -1.61. The maximum absolute atomic E-state index is 4.68. The lowest BCUT2D eigenvalue weighted by Crippen LogP contribution is -2.12. The van der Waals surface area contributed by atoms with Crippen LogP contribution in [0.25, 0.3) is 11.3 Å². The Balaban J connectivity index is 1.98. The van der Waals surface area contributed by atoms with Crippen molar-refractivity contribution in [2.45, 2.75) is 19.5 Å². The summed E-state index contributed by atoms with van der Waals surface area (Å²) in [5, 5.41) is 3.38. The molecule has 0 fully saturated rings. The van der Waals surface area contributed by atoms with Gasteiger partial charge in [-0.25, -0.2) is 4.98 Å².